The Hall–Kier alpha value is -2.70. The Labute approximate surface area is 139 Å². The number of hydrogen-bond donors (Lipinski definition) is 0. The van der Waals surface area contributed by atoms with Gasteiger partial charge in [0, 0.05) is 0 Å². The lowest BCUT2D eigenvalue weighted by Crippen LogP contribution is -2.47. The molecule has 0 saturated heterocycles. The van der Waals surface area contributed by atoms with Gasteiger partial charge in [-0.1, -0.05) is 25.1 Å². The first-order valence-corrected chi connectivity index (χ1v) is 7.57. The molecule has 24 heavy (non-hydrogen) atoms. The zero-order chi connectivity index (χ0) is 17.5. The number of esters is 1. The van der Waals surface area contributed by atoms with Crippen molar-refractivity contribution < 1.29 is 28.5 Å². The molecule has 3 rings (SSSR count). The van der Waals surface area contributed by atoms with Gasteiger partial charge in [-0.3, -0.25) is 0 Å². The van der Waals surface area contributed by atoms with Gasteiger partial charge in [0.15, 0.2) is 6.23 Å². The van der Waals surface area contributed by atoms with Crippen molar-refractivity contribution in [2.24, 2.45) is 0 Å². The molecule has 2 atom stereocenters. The van der Waals surface area contributed by atoms with Crippen LogP contribution in [-0.2, 0) is 29.2 Å². The highest BCUT2D eigenvalue weighted by molar-refractivity contribution is 5.99. The molecule has 2 heterocycles. The lowest BCUT2D eigenvalue weighted by Gasteiger charge is -2.30. The van der Waals surface area contributed by atoms with Gasteiger partial charge in [0.25, 0.3) is 5.95 Å². The molecule has 0 bridgehead atoms. The van der Waals surface area contributed by atoms with Gasteiger partial charge in [0.1, 0.15) is 5.57 Å². The molecule has 7 heteroatoms. The quantitative estimate of drug-likeness (QED) is 0.790. The van der Waals surface area contributed by atoms with Crippen LogP contribution in [0.3, 0.4) is 0 Å². The molecule has 0 aromatic heterocycles. The highest BCUT2D eigenvalue weighted by Gasteiger charge is 2.64. The minimum absolute atomic E-state index is 0.0668. The summed E-state index contributed by atoms with van der Waals surface area (Å²) in [5.41, 5.74) is 0.852. The fourth-order valence-electron chi connectivity index (χ4n) is 3.65. The Kier molecular flexibility index (Phi) is 3.87. The minimum atomic E-state index is -0.872. The number of anilines is 1. The third kappa shape index (κ3) is 1.84. The number of fused-ring (bicyclic) bond motifs is 3. The summed E-state index contributed by atoms with van der Waals surface area (Å²) in [6.45, 7) is 1.93. The maximum atomic E-state index is 12.5. The van der Waals surface area contributed by atoms with E-state index in [9.17, 15) is 9.59 Å². The summed E-state index contributed by atoms with van der Waals surface area (Å²) in [6.07, 6.45) is -0.819. The summed E-state index contributed by atoms with van der Waals surface area (Å²) in [4.78, 5) is 26.2. The van der Waals surface area contributed by atoms with Crippen LogP contribution in [0.25, 0.3) is 0 Å². The van der Waals surface area contributed by atoms with Crippen molar-refractivity contribution in [1.29, 1.82) is 0 Å². The van der Waals surface area contributed by atoms with Crippen molar-refractivity contribution in [3.05, 3.63) is 41.3 Å². The molecule has 2 aliphatic rings. The second-order valence-corrected chi connectivity index (χ2v) is 5.51. The number of para-hydroxylation sites is 1. The Morgan fingerprint density at radius 3 is 2.50 bits per heavy atom. The fraction of sp³-hybridized carbons (Fsp3) is 0.412. The van der Waals surface area contributed by atoms with E-state index in [0.717, 1.165) is 5.56 Å². The number of rotatable bonds is 3. The third-order valence-corrected chi connectivity index (χ3v) is 4.67. The van der Waals surface area contributed by atoms with E-state index in [1.54, 1.807) is 6.07 Å². The SMILES string of the molecule is CCC12C(C(=O)OC)=C(OC)OC1N(C(=O)OC)c1ccccc12. The van der Waals surface area contributed by atoms with Crippen LogP contribution in [0.15, 0.2) is 35.8 Å². The van der Waals surface area contributed by atoms with E-state index in [1.807, 2.05) is 25.1 Å². The molecule has 0 aliphatic carbocycles. The lowest BCUT2D eigenvalue weighted by atomic mass is 9.73. The van der Waals surface area contributed by atoms with E-state index < -0.39 is 23.7 Å². The van der Waals surface area contributed by atoms with Gasteiger partial charge in [-0.25, -0.2) is 14.5 Å². The van der Waals surface area contributed by atoms with Crippen LogP contribution in [0.2, 0.25) is 0 Å². The van der Waals surface area contributed by atoms with Crippen LogP contribution in [0.5, 0.6) is 0 Å². The molecule has 128 valence electrons. The molecule has 0 spiro atoms. The summed E-state index contributed by atoms with van der Waals surface area (Å²) in [6, 6.07) is 7.35. The first-order valence-electron chi connectivity index (χ1n) is 7.57. The van der Waals surface area contributed by atoms with Crippen molar-refractivity contribution in [2.75, 3.05) is 26.2 Å². The monoisotopic (exact) mass is 333 g/mol. The molecular formula is C17H19NO6. The topological polar surface area (TPSA) is 74.3 Å². The van der Waals surface area contributed by atoms with Gasteiger partial charge in [-0.05, 0) is 18.1 Å². The lowest BCUT2D eigenvalue weighted by molar-refractivity contribution is -0.137. The summed E-state index contributed by atoms with van der Waals surface area (Å²) < 4.78 is 21.0. The molecule has 0 fully saturated rings. The summed E-state index contributed by atoms with van der Waals surface area (Å²) >= 11 is 0. The molecule has 1 amide bonds. The molecule has 2 aliphatic heterocycles. The average molecular weight is 333 g/mol. The van der Waals surface area contributed by atoms with Crippen molar-refractivity contribution >= 4 is 17.7 Å². The van der Waals surface area contributed by atoms with Gasteiger partial charge in [0.05, 0.1) is 32.4 Å². The van der Waals surface area contributed by atoms with E-state index in [4.69, 9.17) is 18.9 Å². The zero-order valence-corrected chi connectivity index (χ0v) is 14.0. The zero-order valence-electron chi connectivity index (χ0n) is 14.0. The van der Waals surface area contributed by atoms with E-state index in [1.165, 1.54) is 26.2 Å². The number of carbonyl (C=O) groups excluding carboxylic acids is 2. The Morgan fingerprint density at radius 1 is 1.21 bits per heavy atom. The number of carbonyl (C=O) groups is 2. The smallest absolute Gasteiger partial charge is 0.417 e. The Morgan fingerprint density at radius 2 is 1.92 bits per heavy atom. The van der Waals surface area contributed by atoms with E-state index >= 15 is 0 Å². The number of hydrogen-bond acceptors (Lipinski definition) is 6. The molecule has 2 unspecified atom stereocenters. The first-order chi connectivity index (χ1) is 11.6. The maximum absolute atomic E-state index is 12.5. The van der Waals surface area contributed by atoms with E-state index in [0.29, 0.717) is 12.1 Å². The van der Waals surface area contributed by atoms with Crippen LogP contribution in [0, 0.1) is 0 Å². The predicted molar refractivity (Wildman–Crippen MR) is 84.2 cm³/mol. The Balaban J connectivity index is 2.28. The number of benzene rings is 1. The van der Waals surface area contributed by atoms with Crippen LogP contribution < -0.4 is 4.90 Å². The molecule has 7 nitrogen and oxygen atoms in total. The van der Waals surface area contributed by atoms with Crippen molar-refractivity contribution in [3.8, 4) is 0 Å². The van der Waals surface area contributed by atoms with E-state index in [-0.39, 0.29) is 11.5 Å². The van der Waals surface area contributed by atoms with Crippen molar-refractivity contribution in [2.45, 2.75) is 25.0 Å². The van der Waals surface area contributed by atoms with Gasteiger partial charge in [-0.15, -0.1) is 0 Å². The normalized spacial score (nSPS) is 24.2. The second kappa shape index (κ2) is 5.74. The predicted octanol–water partition coefficient (Wildman–Crippen LogP) is 2.31. The molecule has 0 radical (unpaired) electrons. The maximum Gasteiger partial charge on any atom is 0.417 e. The number of nitrogens with zero attached hydrogens (tertiary/aromatic N) is 1. The first kappa shape index (κ1) is 16.2. The summed E-state index contributed by atoms with van der Waals surface area (Å²) in [5, 5.41) is 0. The minimum Gasteiger partial charge on any atom is -0.468 e. The molecule has 0 saturated carbocycles. The standard InChI is InChI=1S/C17H19NO6/c1-5-17-10-8-6-7-9-11(10)18(16(20)23-4)15(17)24-14(22-3)12(17)13(19)21-2/h6-9,15H,5H2,1-4H3. The van der Waals surface area contributed by atoms with Crippen LogP contribution in [0.4, 0.5) is 10.5 Å². The van der Waals surface area contributed by atoms with Crippen LogP contribution in [-0.4, -0.2) is 39.6 Å². The molecular weight excluding hydrogens is 314 g/mol. The highest BCUT2D eigenvalue weighted by Crippen LogP contribution is 2.57. The molecule has 1 aromatic carbocycles. The molecule has 0 N–H and O–H groups in total. The van der Waals surface area contributed by atoms with Gasteiger partial charge >= 0.3 is 12.1 Å². The van der Waals surface area contributed by atoms with Crippen molar-refractivity contribution in [3.63, 3.8) is 0 Å². The average Bonchev–Trinajstić information content (AvgIpc) is 3.09. The summed E-state index contributed by atoms with van der Waals surface area (Å²) in [5.74, 6) is -0.477. The third-order valence-electron chi connectivity index (χ3n) is 4.67. The van der Waals surface area contributed by atoms with Crippen molar-refractivity contribution in [1.82, 2.24) is 0 Å². The second-order valence-electron chi connectivity index (χ2n) is 5.51. The fourth-order valence-corrected chi connectivity index (χ4v) is 3.65. The number of amides is 1. The van der Waals surface area contributed by atoms with E-state index in [2.05, 4.69) is 0 Å². The van der Waals surface area contributed by atoms with Crippen LogP contribution in [0.1, 0.15) is 18.9 Å². The van der Waals surface area contributed by atoms with Gasteiger partial charge in [-0.2, -0.15) is 0 Å². The molecule has 1 aromatic rings. The Bertz CT molecular complexity index is 728. The van der Waals surface area contributed by atoms with Gasteiger partial charge < -0.3 is 18.9 Å². The summed E-state index contributed by atoms with van der Waals surface area (Å²) in [7, 11) is 4.02. The van der Waals surface area contributed by atoms with Crippen LogP contribution >= 0.6 is 0 Å². The largest absolute Gasteiger partial charge is 0.468 e. The van der Waals surface area contributed by atoms with Gasteiger partial charge in [0.2, 0.25) is 0 Å². The highest BCUT2D eigenvalue weighted by atomic mass is 16.7. The number of methoxy groups -OCH3 is 3. The number of ether oxygens (including phenoxy) is 4.